The zero-order valence-corrected chi connectivity index (χ0v) is 14.7. The third-order valence-corrected chi connectivity index (χ3v) is 7.21. The molecule has 0 N–H and O–H groups in total. The Morgan fingerprint density at radius 1 is 1.30 bits per heavy atom. The van der Waals surface area contributed by atoms with E-state index in [0.717, 1.165) is 22.3 Å². The number of hydrogen-bond acceptors (Lipinski definition) is 4. The molecule has 1 aromatic carbocycles. The Kier molecular flexibility index (Phi) is 4.33. The van der Waals surface area contributed by atoms with Crippen molar-refractivity contribution in [2.24, 2.45) is 5.92 Å². The zero-order chi connectivity index (χ0) is 15.8. The molecule has 1 aliphatic carbocycles. The van der Waals surface area contributed by atoms with Crippen molar-refractivity contribution in [1.29, 1.82) is 0 Å². The molecule has 5 heteroatoms. The smallest absolute Gasteiger partial charge is 0.123 e. The quantitative estimate of drug-likeness (QED) is 0.557. The highest BCUT2D eigenvalue weighted by molar-refractivity contribution is 8.00. The van der Waals surface area contributed by atoms with Crippen molar-refractivity contribution in [3.8, 4) is 0 Å². The number of benzene rings is 1. The van der Waals surface area contributed by atoms with Gasteiger partial charge in [-0.1, -0.05) is 25.5 Å². The van der Waals surface area contributed by atoms with Crippen LogP contribution >= 0.6 is 23.5 Å². The molecular formula is C18H19FN2S2. The summed E-state index contributed by atoms with van der Waals surface area (Å²) >= 11 is 3.65. The van der Waals surface area contributed by atoms with Gasteiger partial charge in [-0.15, -0.1) is 23.5 Å². The van der Waals surface area contributed by atoms with Gasteiger partial charge in [-0.05, 0) is 36.5 Å². The molecule has 23 heavy (non-hydrogen) atoms. The van der Waals surface area contributed by atoms with E-state index in [9.17, 15) is 4.39 Å². The second-order valence-corrected chi connectivity index (χ2v) is 8.69. The van der Waals surface area contributed by atoms with Gasteiger partial charge in [-0.25, -0.2) is 14.4 Å². The first kappa shape index (κ1) is 15.5. The molecular weight excluding hydrogens is 327 g/mol. The molecule has 1 fully saturated rings. The van der Waals surface area contributed by atoms with Gasteiger partial charge >= 0.3 is 0 Å². The minimum Gasteiger partial charge on any atom is -0.230 e. The van der Waals surface area contributed by atoms with Gasteiger partial charge in [0.1, 0.15) is 22.2 Å². The molecule has 2 aromatic rings. The topological polar surface area (TPSA) is 25.8 Å². The molecule has 4 rings (SSSR count). The predicted octanol–water partition coefficient (Wildman–Crippen LogP) is 5.29. The molecule has 3 atom stereocenters. The van der Waals surface area contributed by atoms with Crippen LogP contribution in [0.2, 0.25) is 0 Å². The van der Waals surface area contributed by atoms with Crippen molar-refractivity contribution in [3.63, 3.8) is 0 Å². The number of rotatable bonds is 3. The molecule has 1 aromatic heterocycles. The standard InChI is InChI=1S/C18H19FN2S2/c1-11-5-6-14-15(7-11)23-18-16(14)17(20-10-21-18)22-9-12-3-2-4-13(19)8-12/h2-4,8,10-11,14-15H,5-7,9H2,1H3. The van der Waals surface area contributed by atoms with Crippen LogP contribution in [0.5, 0.6) is 0 Å². The largest absolute Gasteiger partial charge is 0.230 e. The van der Waals surface area contributed by atoms with Crippen LogP contribution in [-0.2, 0) is 5.75 Å². The molecule has 0 amide bonds. The molecule has 2 nitrogen and oxygen atoms in total. The Morgan fingerprint density at radius 3 is 3.09 bits per heavy atom. The van der Waals surface area contributed by atoms with Crippen molar-refractivity contribution in [2.45, 2.75) is 53.2 Å². The van der Waals surface area contributed by atoms with E-state index in [1.807, 2.05) is 17.8 Å². The fourth-order valence-corrected chi connectivity index (χ4v) is 6.31. The summed E-state index contributed by atoms with van der Waals surface area (Å²) in [6.07, 6.45) is 5.50. The lowest BCUT2D eigenvalue weighted by Crippen LogP contribution is -2.21. The molecule has 0 spiro atoms. The average molecular weight is 346 g/mol. The number of fused-ring (bicyclic) bond motifs is 3. The second kappa shape index (κ2) is 6.44. The number of aromatic nitrogens is 2. The van der Waals surface area contributed by atoms with Crippen LogP contribution in [0.25, 0.3) is 0 Å². The number of halogens is 1. The van der Waals surface area contributed by atoms with Crippen LogP contribution in [0.4, 0.5) is 4.39 Å². The summed E-state index contributed by atoms with van der Waals surface area (Å²) in [7, 11) is 0. The van der Waals surface area contributed by atoms with Crippen molar-refractivity contribution in [3.05, 3.63) is 47.5 Å². The summed E-state index contributed by atoms with van der Waals surface area (Å²) in [5, 5.41) is 2.93. The maximum atomic E-state index is 13.3. The minimum atomic E-state index is -0.173. The maximum Gasteiger partial charge on any atom is 0.123 e. The van der Waals surface area contributed by atoms with E-state index in [4.69, 9.17) is 0 Å². The lowest BCUT2D eigenvalue weighted by atomic mass is 9.80. The highest BCUT2D eigenvalue weighted by Crippen LogP contribution is 2.54. The summed E-state index contributed by atoms with van der Waals surface area (Å²) < 4.78 is 13.3. The van der Waals surface area contributed by atoms with E-state index in [1.165, 1.54) is 35.9 Å². The fraction of sp³-hybridized carbons (Fsp3) is 0.444. The maximum absolute atomic E-state index is 13.3. The average Bonchev–Trinajstić information content (AvgIpc) is 2.91. The highest BCUT2D eigenvalue weighted by atomic mass is 32.2. The van der Waals surface area contributed by atoms with Crippen molar-refractivity contribution in [1.82, 2.24) is 9.97 Å². The van der Waals surface area contributed by atoms with Crippen LogP contribution in [0.15, 0.2) is 40.6 Å². The Bertz CT molecular complexity index is 722. The van der Waals surface area contributed by atoms with Crippen molar-refractivity contribution < 1.29 is 4.39 Å². The van der Waals surface area contributed by atoms with E-state index in [0.29, 0.717) is 11.2 Å². The van der Waals surface area contributed by atoms with Gasteiger partial charge in [-0.2, -0.15) is 0 Å². The van der Waals surface area contributed by atoms with Gasteiger partial charge in [-0.3, -0.25) is 0 Å². The van der Waals surface area contributed by atoms with E-state index in [2.05, 4.69) is 16.9 Å². The van der Waals surface area contributed by atoms with Crippen LogP contribution in [0, 0.1) is 11.7 Å². The van der Waals surface area contributed by atoms with Gasteiger partial charge in [0.05, 0.1) is 0 Å². The van der Waals surface area contributed by atoms with E-state index < -0.39 is 0 Å². The monoisotopic (exact) mass is 346 g/mol. The van der Waals surface area contributed by atoms with Gasteiger partial charge in [0.2, 0.25) is 0 Å². The van der Waals surface area contributed by atoms with Gasteiger partial charge < -0.3 is 0 Å². The molecule has 3 unspecified atom stereocenters. The fourth-order valence-electron chi connectivity index (χ4n) is 3.60. The Labute approximate surface area is 144 Å². The summed E-state index contributed by atoms with van der Waals surface area (Å²) in [5.74, 6) is 1.99. The van der Waals surface area contributed by atoms with Crippen LogP contribution in [0.3, 0.4) is 0 Å². The molecule has 2 aliphatic rings. The Hall–Kier alpha value is -1.07. The van der Waals surface area contributed by atoms with Gasteiger partial charge in [0.25, 0.3) is 0 Å². The van der Waals surface area contributed by atoms with Crippen LogP contribution in [0.1, 0.15) is 43.2 Å². The summed E-state index contributed by atoms with van der Waals surface area (Å²) in [6, 6.07) is 6.83. The molecule has 1 aliphatic heterocycles. The normalized spacial score (nSPS) is 25.9. The second-order valence-electron chi connectivity index (χ2n) is 6.50. The van der Waals surface area contributed by atoms with E-state index in [-0.39, 0.29) is 5.82 Å². The number of nitrogens with zero attached hydrogens (tertiary/aromatic N) is 2. The molecule has 2 heterocycles. The van der Waals surface area contributed by atoms with E-state index in [1.54, 1.807) is 30.2 Å². The third-order valence-electron chi connectivity index (χ3n) is 4.76. The number of hydrogen-bond donors (Lipinski definition) is 0. The van der Waals surface area contributed by atoms with Crippen molar-refractivity contribution >= 4 is 23.5 Å². The molecule has 120 valence electrons. The van der Waals surface area contributed by atoms with Gasteiger partial charge in [0, 0.05) is 22.5 Å². The molecule has 0 saturated heterocycles. The van der Waals surface area contributed by atoms with Crippen LogP contribution < -0.4 is 0 Å². The summed E-state index contributed by atoms with van der Waals surface area (Å²) in [5.41, 5.74) is 2.36. The predicted molar refractivity (Wildman–Crippen MR) is 93.4 cm³/mol. The Balaban J connectivity index is 1.56. The van der Waals surface area contributed by atoms with Crippen molar-refractivity contribution in [2.75, 3.05) is 0 Å². The SMILES string of the molecule is CC1CCC2c3c(SCc4cccc(F)c4)ncnc3SC2C1. The minimum absolute atomic E-state index is 0.173. The lowest BCUT2D eigenvalue weighted by Gasteiger charge is -2.29. The first-order valence-electron chi connectivity index (χ1n) is 8.09. The summed E-state index contributed by atoms with van der Waals surface area (Å²) in [6.45, 7) is 2.35. The van der Waals surface area contributed by atoms with Gasteiger partial charge in [0.15, 0.2) is 0 Å². The van der Waals surface area contributed by atoms with Crippen LogP contribution in [-0.4, -0.2) is 15.2 Å². The third kappa shape index (κ3) is 3.13. The van der Waals surface area contributed by atoms with E-state index >= 15 is 0 Å². The first-order chi connectivity index (χ1) is 11.2. The highest BCUT2D eigenvalue weighted by Gasteiger charge is 2.40. The molecule has 1 saturated carbocycles. The lowest BCUT2D eigenvalue weighted by molar-refractivity contribution is 0.358. The molecule has 0 bridgehead atoms. The first-order valence-corrected chi connectivity index (χ1v) is 9.96. The zero-order valence-electron chi connectivity index (χ0n) is 13.0. The summed E-state index contributed by atoms with van der Waals surface area (Å²) in [4.78, 5) is 9.06. The number of thioether (sulfide) groups is 2. The molecule has 0 radical (unpaired) electrons. The Morgan fingerprint density at radius 2 is 2.22 bits per heavy atom.